The molecule has 1 aromatic heterocycles. The number of hydrogen-bond donors (Lipinski definition) is 2. The Morgan fingerprint density at radius 1 is 1.39 bits per heavy atom. The van der Waals surface area contributed by atoms with Gasteiger partial charge in [-0.1, -0.05) is 41.9 Å². The standard InChI is InChI=1S/C13H13Cl2N5OS2/c1-3-23-13-18-17-7(2)20(13)19-12(22)16-11(21)9-6-8(14)4-5-10(9)15/h4-6H,3H2,1-2H3,(H2,16,19,21,22). The maximum atomic E-state index is 12.2. The largest absolute Gasteiger partial charge is 0.298 e. The lowest BCUT2D eigenvalue weighted by molar-refractivity contribution is 0.0977. The number of thiocarbonyl (C=S) groups is 1. The van der Waals surface area contributed by atoms with Crippen LogP contribution in [0.4, 0.5) is 0 Å². The Balaban J connectivity index is 2.09. The highest BCUT2D eigenvalue weighted by atomic mass is 35.5. The number of halogens is 2. The zero-order valence-electron chi connectivity index (χ0n) is 12.3. The normalized spacial score (nSPS) is 10.4. The lowest BCUT2D eigenvalue weighted by atomic mass is 10.2. The van der Waals surface area contributed by atoms with E-state index >= 15 is 0 Å². The summed E-state index contributed by atoms with van der Waals surface area (Å²) in [6.07, 6.45) is 0. The third-order valence-electron chi connectivity index (χ3n) is 2.68. The second kappa shape index (κ2) is 7.96. The molecule has 0 bridgehead atoms. The molecule has 0 aliphatic heterocycles. The van der Waals surface area contributed by atoms with E-state index in [1.165, 1.54) is 17.8 Å². The Morgan fingerprint density at radius 3 is 2.83 bits per heavy atom. The molecule has 23 heavy (non-hydrogen) atoms. The van der Waals surface area contributed by atoms with Gasteiger partial charge in [-0.25, -0.2) is 4.68 Å². The number of amides is 1. The summed E-state index contributed by atoms with van der Waals surface area (Å²) in [5.41, 5.74) is 3.12. The zero-order chi connectivity index (χ0) is 17.0. The molecule has 0 saturated carbocycles. The molecule has 0 aliphatic rings. The van der Waals surface area contributed by atoms with Crippen molar-refractivity contribution in [2.24, 2.45) is 0 Å². The summed E-state index contributed by atoms with van der Waals surface area (Å²) in [5, 5.41) is 12.0. The maximum Gasteiger partial charge on any atom is 0.259 e. The van der Waals surface area contributed by atoms with Crippen LogP contribution in [0.25, 0.3) is 0 Å². The van der Waals surface area contributed by atoms with Gasteiger partial charge in [-0.05, 0) is 43.1 Å². The first-order valence-electron chi connectivity index (χ1n) is 6.54. The molecule has 1 amide bonds. The minimum atomic E-state index is -0.453. The molecule has 122 valence electrons. The van der Waals surface area contributed by atoms with Crippen LogP contribution in [-0.4, -0.2) is 31.6 Å². The van der Waals surface area contributed by atoms with Gasteiger partial charge in [0.1, 0.15) is 5.82 Å². The van der Waals surface area contributed by atoms with Gasteiger partial charge in [0.25, 0.3) is 5.91 Å². The average Bonchev–Trinajstić information content (AvgIpc) is 2.83. The van der Waals surface area contributed by atoms with Crippen LogP contribution >= 0.6 is 47.2 Å². The van der Waals surface area contributed by atoms with E-state index in [2.05, 4.69) is 20.9 Å². The topological polar surface area (TPSA) is 71.8 Å². The quantitative estimate of drug-likeness (QED) is 0.617. The summed E-state index contributed by atoms with van der Waals surface area (Å²) in [6.45, 7) is 3.78. The van der Waals surface area contributed by atoms with Crippen molar-refractivity contribution in [2.45, 2.75) is 19.0 Å². The molecule has 1 heterocycles. The Labute approximate surface area is 152 Å². The first kappa shape index (κ1) is 18.0. The monoisotopic (exact) mass is 389 g/mol. The van der Waals surface area contributed by atoms with Gasteiger partial charge in [0, 0.05) is 5.02 Å². The van der Waals surface area contributed by atoms with Gasteiger partial charge in [-0.2, -0.15) is 0 Å². The molecule has 0 unspecified atom stereocenters. The van der Waals surface area contributed by atoms with Crippen LogP contribution < -0.4 is 10.7 Å². The van der Waals surface area contributed by atoms with Crippen molar-refractivity contribution in [1.82, 2.24) is 20.2 Å². The van der Waals surface area contributed by atoms with Crippen LogP contribution in [0.5, 0.6) is 0 Å². The van der Waals surface area contributed by atoms with Gasteiger partial charge in [0.15, 0.2) is 5.11 Å². The summed E-state index contributed by atoms with van der Waals surface area (Å²) in [6, 6.07) is 4.63. The van der Waals surface area contributed by atoms with E-state index in [9.17, 15) is 4.79 Å². The third kappa shape index (κ3) is 4.57. The molecule has 1 aromatic carbocycles. The number of hydrogen-bond acceptors (Lipinski definition) is 5. The van der Waals surface area contributed by atoms with E-state index in [1.54, 1.807) is 23.7 Å². The molecule has 2 aromatic rings. The summed E-state index contributed by atoms with van der Waals surface area (Å²) in [7, 11) is 0. The predicted octanol–water partition coefficient (Wildman–Crippen LogP) is 3.26. The maximum absolute atomic E-state index is 12.2. The molecule has 2 rings (SSSR count). The Morgan fingerprint density at radius 2 is 2.13 bits per heavy atom. The summed E-state index contributed by atoms with van der Waals surface area (Å²) in [4.78, 5) is 12.2. The van der Waals surface area contributed by atoms with Crippen molar-refractivity contribution in [3.05, 3.63) is 39.6 Å². The molecule has 10 heteroatoms. The number of benzene rings is 1. The predicted molar refractivity (Wildman–Crippen MR) is 97.0 cm³/mol. The van der Waals surface area contributed by atoms with E-state index in [-0.39, 0.29) is 15.7 Å². The fraction of sp³-hybridized carbons (Fsp3) is 0.231. The molecule has 0 atom stereocenters. The molecular formula is C13H13Cl2N5OS2. The number of aromatic nitrogens is 3. The molecule has 0 aliphatic carbocycles. The van der Waals surface area contributed by atoms with Gasteiger partial charge in [0.05, 0.1) is 10.6 Å². The van der Waals surface area contributed by atoms with E-state index < -0.39 is 5.91 Å². The highest BCUT2D eigenvalue weighted by molar-refractivity contribution is 7.99. The molecule has 0 saturated heterocycles. The van der Waals surface area contributed by atoms with Crippen LogP contribution in [0.1, 0.15) is 23.1 Å². The third-order valence-corrected chi connectivity index (χ3v) is 4.25. The number of nitrogens with one attached hydrogen (secondary N) is 2. The van der Waals surface area contributed by atoms with E-state index in [0.29, 0.717) is 16.0 Å². The average molecular weight is 390 g/mol. The molecule has 2 N–H and O–H groups in total. The van der Waals surface area contributed by atoms with Gasteiger partial charge < -0.3 is 0 Å². The second-order valence-corrected chi connectivity index (χ2v) is 6.80. The van der Waals surface area contributed by atoms with Crippen LogP contribution in [-0.2, 0) is 0 Å². The minimum absolute atomic E-state index is 0.104. The van der Waals surface area contributed by atoms with Gasteiger partial charge in [-0.15, -0.1) is 10.2 Å². The van der Waals surface area contributed by atoms with Gasteiger partial charge >= 0.3 is 0 Å². The smallest absolute Gasteiger partial charge is 0.259 e. The lowest BCUT2D eigenvalue weighted by Crippen LogP contribution is -2.38. The fourth-order valence-electron chi connectivity index (χ4n) is 1.67. The summed E-state index contributed by atoms with van der Waals surface area (Å²) < 4.78 is 1.61. The molecule has 0 fully saturated rings. The Hall–Kier alpha value is -1.35. The molecule has 0 spiro atoms. The van der Waals surface area contributed by atoms with Crippen molar-refractivity contribution >= 4 is 58.2 Å². The highest BCUT2D eigenvalue weighted by Gasteiger charge is 2.15. The van der Waals surface area contributed by atoms with E-state index in [0.717, 1.165) is 5.75 Å². The zero-order valence-corrected chi connectivity index (χ0v) is 15.4. The van der Waals surface area contributed by atoms with Crippen molar-refractivity contribution in [1.29, 1.82) is 0 Å². The van der Waals surface area contributed by atoms with Gasteiger partial charge in [0.2, 0.25) is 5.16 Å². The van der Waals surface area contributed by atoms with Crippen LogP contribution in [0.2, 0.25) is 10.0 Å². The number of rotatable bonds is 4. The molecule has 0 radical (unpaired) electrons. The number of carbonyl (C=O) groups excluding carboxylic acids is 1. The van der Waals surface area contributed by atoms with Crippen molar-refractivity contribution < 1.29 is 4.79 Å². The molecule has 6 nitrogen and oxygen atoms in total. The Bertz CT molecular complexity index is 750. The van der Waals surface area contributed by atoms with Crippen molar-refractivity contribution in [3.8, 4) is 0 Å². The van der Waals surface area contributed by atoms with Crippen molar-refractivity contribution in [2.75, 3.05) is 11.2 Å². The van der Waals surface area contributed by atoms with Crippen LogP contribution in [0.15, 0.2) is 23.4 Å². The summed E-state index contributed by atoms with van der Waals surface area (Å²) in [5.74, 6) is 1.00. The summed E-state index contributed by atoms with van der Waals surface area (Å²) >= 11 is 18.5. The number of carbonyl (C=O) groups is 1. The highest BCUT2D eigenvalue weighted by Crippen LogP contribution is 2.20. The lowest BCUT2D eigenvalue weighted by Gasteiger charge is -2.13. The van der Waals surface area contributed by atoms with Gasteiger partial charge in [-0.3, -0.25) is 15.5 Å². The number of nitrogens with zero attached hydrogens (tertiary/aromatic N) is 3. The fourth-order valence-corrected chi connectivity index (χ4v) is 2.89. The van der Waals surface area contributed by atoms with Crippen molar-refractivity contribution in [3.63, 3.8) is 0 Å². The number of aryl methyl sites for hydroxylation is 1. The Kier molecular flexibility index (Phi) is 6.23. The molecular weight excluding hydrogens is 377 g/mol. The van der Waals surface area contributed by atoms with Crippen LogP contribution in [0.3, 0.4) is 0 Å². The number of thioether (sulfide) groups is 1. The minimum Gasteiger partial charge on any atom is -0.298 e. The van der Waals surface area contributed by atoms with E-state index in [1.807, 2.05) is 6.92 Å². The first-order valence-corrected chi connectivity index (χ1v) is 8.69. The SMILES string of the molecule is CCSc1nnc(C)n1NC(=S)NC(=O)c1cc(Cl)ccc1Cl. The van der Waals surface area contributed by atoms with E-state index in [4.69, 9.17) is 35.4 Å². The second-order valence-electron chi connectivity index (χ2n) is 4.32. The first-order chi connectivity index (χ1) is 10.9. The van der Waals surface area contributed by atoms with Crippen LogP contribution in [0, 0.1) is 6.92 Å².